The lowest BCUT2D eigenvalue weighted by molar-refractivity contribution is -0.275. The van der Waals surface area contributed by atoms with E-state index in [1.54, 1.807) is 0 Å². The third-order valence-corrected chi connectivity index (χ3v) is 2.21. The molecule has 1 rings (SSSR count). The summed E-state index contributed by atoms with van der Waals surface area (Å²) in [4.78, 5) is 3.46. The van der Waals surface area contributed by atoms with Gasteiger partial charge in [-0.2, -0.15) is 0 Å². The summed E-state index contributed by atoms with van der Waals surface area (Å²) in [5.41, 5.74) is -1.98. The molecule has 0 aliphatic heterocycles. The predicted molar refractivity (Wildman–Crippen MR) is 51.4 cm³/mol. The van der Waals surface area contributed by atoms with Crippen LogP contribution in [0.4, 0.5) is 22.0 Å². The molecule has 18 heavy (non-hydrogen) atoms. The third kappa shape index (κ3) is 3.42. The molecule has 0 unspecified atom stereocenters. The van der Waals surface area contributed by atoms with Crippen molar-refractivity contribution in [2.45, 2.75) is 25.3 Å². The van der Waals surface area contributed by atoms with Gasteiger partial charge in [0.15, 0.2) is 0 Å². The zero-order chi connectivity index (χ0) is 13.9. The normalized spacial score (nSPS) is 12.0. The largest absolute Gasteiger partial charge is 0.573 e. The van der Waals surface area contributed by atoms with Gasteiger partial charge in [-0.3, -0.25) is 4.98 Å². The number of ether oxygens (including phenoxy) is 1. The van der Waals surface area contributed by atoms with Crippen LogP contribution >= 0.6 is 11.6 Å². The Kier molecular flexibility index (Phi) is 4.69. The molecule has 1 aromatic rings. The van der Waals surface area contributed by atoms with Gasteiger partial charge >= 0.3 is 6.36 Å². The quantitative estimate of drug-likeness (QED) is 0.684. The topological polar surface area (TPSA) is 42.4 Å². The number of alkyl halides is 6. The maximum Gasteiger partial charge on any atom is 0.573 e. The maximum absolute atomic E-state index is 12.7. The molecule has 1 heterocycles. The maximum atomic E-state index is 12.7. The Hall–Kier alpha value is -1.15. The number of halogens is 6. The zero-order valence-electron chi connectivity index (χ0n) is 8.64. The first-order valence-corrected chi connectivity index (χ1v) is 5.05. The van der Waals surface area contributed by atoms with Crippen LogP contribution in [0.2, 0.25) is 0 Å². The minimum absolute atomic E-state index is 0.428. The average molecular weight is 292 g/mol. The molecular weight excluding hydrogens is 285 g/mol. The smallest absolute Gasteiger partial charge is 0.405 e. The minimum Gasteiger partial charge on any atom is -0.405 e. The predicted octanol–water partition coefficient (Wildman–Crippen LogP) is 3.15. The molecule has 0 aliphatic rings. The zero-order valence-corrected chi connectivity index (χ0v) is 9.40. The fraction of sp³-hybridized carbons (Fsp3) is 0.444. The van der Waals surface area contributed by atoms with E-state index >= 15 is 0 Å². The molecular formula is C9H7ClF5NO2. The molecule has 0 aliphatic carbocycles. The summed E-state index contributed by atoms with van der Waals surface area (Å²) in [5.74, 6) is -1.65. The number of nitrogens with zero attached hydrogens (tertiary/aromatic N) is 1. The third-order valence-electron chi connectivity index (χ3n) is 1.96. The number of pyridine rings is 1. The fourth-order valence-electron chi connectivity index (χ4n) is 1.27. The van der Waals surface area contributed by atoms with Crippen LogP contribution in [0.1, 0.15) is 23.2 Å². The van der Waals surface area contributed by atoms with Gasteiger partial charge in [0, 0.05) is 11.8 Å². The van der Waals surface area contributed by atoms with Gasteiger partial charge in [-0.25, -0.2) is 8.78 Å². The summed E-state index contributed by atoms with van der Waals surface area (Å²) in [6.45, 7) is -0.916. The second kappa shape index (κ2) is 5.66. The van der Waals surface area contributed by atoms with Crippen LogP contribution in [-0.2, 0) is 12.5 Å². The van der Waals surface area contributed by atoms with Crippen LogP contribution < -0.4 is 4.74 Å². The van der Waals surface area contributed by atoms with Gasteiger partial charge in [-0.1, -0.05) is 0 Å². The van der Waals surface area contributed by atoms with Crippen LogP contribution in [0.3, 0.4) is 0 Å². The minimum atomic E-state index is -5.15. The molecule has 1 N–H and O–H groups in total. The van der Waals surface area contributed by atoms with E-state index in [0.717, 1.165) is 6.20 Å². The molecule has 102 valence electrons. The first-order valence-electron chi connectivity index (χ1n) is 4.51. The first-order chi connectivity index (χ1) is 8.30. The molecule has 3 nitrogen and oxygen atoms in total. The molecule has 0 spiro atoms. The van der Waals surface area contributed by atoms with Crippen LogP contribution in [0.15, 0.2) is 6.20 Å². The molecule has 0 saturated carbocycles. The molecule has 9 heteroatoms. The lowest BCUT2D eigenvalue weighted by atomic mass is 10.1. The van der Waals surface area contributed by atoms with Gasteiger partial charge < -0.3 is 9.84 Å². The van der Waals surface area contributed by atoms with Crippen molar-refractivity contribution >= 4 is 11.6 Å². The molecule has 0 amide bonds. The average Bonchev–Trinajstić information content (AvgIpc) is 2.25. The van der Waals surface area contributed by atoms with E-state index in [4.69, 9.17) is 16.7 Å². The van der Waals surface area contributed by atoms with Crippen molar-refractivity contribution in [3.05, 3.63) is 23.0 Å². The van der Waals surface area contributed by atoms with E-state index < -0.39 is 47.8 Å². The second-order valence-electron chi connectivity index (χ2n) is 3.11. The monoisotopic (exact) mass is 291 g/mol. The highest BCUT2D eigenvalue weighted by Gasteiger charge is 2.35. The number of hydrogen-bond donors (Lipinski definition) is 1. The summed E-state index contributed by atoms with van der Waals surface area (Å²) < 4.78 is 65.4. The molecule has 0 atom stereocenters. The molecule has 0 saturated heterocycles. The molecule has 0 radical (unpaired) electrons. The van der Waals surface area contributed by atoms with Crippen molar-refractivity contribution in [2.75, 3.05) is 0 Å². The highest BCUT2D eigenvalue weighted by atomic mass is 35.5. The van der Waals surface area contributed by atoms with Crippen molar-refractivity contribution in [3.63, 3.8) is 0 Å². The number of aliphatic hydroxyl groups excluding tert-OH is 1. The number of aliphatic hydroxyl groups is 1. The summed E-state index contributed by atoms with van der Waals surface area (Å²) in [6, 6.07) is 0. The molecule has 0 fully saturated rings. The van der Waals surface area contributed by atoms with Crippen LogP contribution in [0.5, 0.6) is 5.75 Å². The number of hydrogen-bond acceptors (Lipinski definition) is 3. The number of aromatic nitrogens is 1. The van der Waals surface area contributed by atoms with E-state index in [0.29, 0.717) is 0 Å². The molecule has 0 aromatic carbocycles. The van der Waals surface area contributed by atoms with Crippen molar-refractivity contribution in [3.8, 4) is 5.75 Å². The Labute approximate surface area is 103 Å². The van der Waals surface area contributed by atoms with E-state index in [9.17, 15) is 22.0 Å². The van der Waals surface area contributed by atoms with Gasteiger partial charge in [0.25, 0.3) is 6.43 Å². The lowest BCUT2D eigenvalue weighted by Crippen LogP contribution is -2.20. The van der Waals surface area contributed by atoms with E-state index in [1.165, 1.54) is 0 Å². The van der Waals surface area contributed by atoms with Gasteiger partial charge in [0.05, 0.1) is 23.7 Å². The standard InChI is InChI=1S/C9H7ClF5NO2/c10-1-5-6(8(11)12)7(18-9(13,14)15)4(3-17)2-16-5/h2,8,17H,1,3H2. The van der Waals surface area contributed by atoms with Crippen LogP contribution in [-0.4, -0.2) is 16.5 Å². The van der Waals surface area contributed by atoms with Gasteiger partial charge in [-0.05, 0) is 0 Å². The highest BCUT2D eigenvalue weighted by molar-refractivity contribution is 6.17. The second-order valence-corrected chi connectivity index (χ2v) is 3.38. The van der Waals surface area contributed by atoms with E-state index in [-0.39, 0.29) is 0 Å². The van der Waals surface area contributed by atoms with Crippen molar-refractivity contribution in [1.82, 2.24) is 4.98 Å². The number of rotatable bonds is 4. The van der Waals surface area contributed by atoms with Crippen molar-refractivity contribution < 1.29 is 31.8 Å². The highest BCUT2D eigenvalue weighted by Crippen LogP contribution is 2.37. The Morgan fingerprint density at radius 1 is 1.39 bits per heavy atom. The van der Waals surface area contributed by atoms with E-state index in [2.05, 4.69) is 9.72 Å². The first kappa shape index (κ1) is 14.9. The lowest BCUT2D eigenvalue weighted by Gasteiger charge is -2.17. The summed E-state index contributed by atoms with van der Waals surface area (Å²) in [6.07, 6.45) is -7.60. The van der Waals surface area contributed by atoms with Crippen molar-refractivity contribution in [1.29, 1.82) is 0 Å². The Morgan fingerprint density at radius 3 is 2.39 bits per heavy atom. The van der Waals surface area contributed by atoms with Gasteiger partial charge in [0.1, 0.15) is 5.75 Å². The summed E-state index contributed by atoms with van der Waals surface area (Å²) in [5, 5.41) is 8.82. The Balaban J connectivity index is 3.40. The molecule has 0 bridgehead atoms. The van der Waals surface area contributed by atoms with Gasteiger partial charge in [0.2, 0.25) is 0 Å². The fourth-order valence-corrected chi connectivity index (χ4v) is 1.48. The SMILES string of the molecule is OCc1cnc(CCl)c(C(F)F)c1OC(F)(F)F. The van der Waals surface area contributed by atoms with Crippen LogP contribution in [0.25, 0.3) is 0 Å². The summed E-state index contributed by atoms with van der Waals surface area (Å²) in [7, 11) is 0. The van der Waals surface area contributed by atoms with Crippen molar-refractivity contribution in [2.24, 2.45) is 0 Å². The summed E-state index contributed by atoms with van der Waals surface area (Å²) >= 11 is 5.32. The van der Waals surface area contributed by atoms with Crippen LogP contribution in [0, 0.1) is 0 Å². The van der Waals surface area contributed by atoms with E-state index in [1.807, 2.05) is 0 Å². The Bertz CT molecular complexity index is 424. The van der Waals surface area contributed by atoms with Gasteiger partial charge in [-0.15, -0.1) is 24.8 Å². The Morgan fingerprint density at radius 2 is 2.00 bits per heavy atom. The molecule has 1 aromatic heterocycles.